The molecule has 1 aliphatic heterocycles. The molecule has 1 heterocycles. The second kappa shape index (κ2) is 5.43. The highest BCUT2D eigenvalue weighted by Gasteiger charge is 2.20. The zero-order valence-corrected chi connectivity index (χ0v) is 9.86. The Morgan fingerprint density at radius 2 is 2.12 bits per heavy atom. The van der Waals surface area contributed by atoms with Crippen LogP contribution in [0.15, 0.2) is 24.3 Å². The minimum atomic E-state index is 0.337. The molecule has 1 saturated heterocycles. The van der Waals surface area contributed by atoms with Gasteiger partial charge in [0.2, 0.25) is 0 Å². The average molecular weight is 220 g/mol. The molecule has 0 spiro atoms. The van der Waals surface area contributed by atoms with Gasteiger partial charge in [-0.05, 0) is 12.5 Å². The molecule has 1 atom stereocenters. The van der Waals surface area contributed by atoms with Crippen LogP contribution in [0.3, 0.4) is 0 Å². The summed E-state index contributed by atoms with van der Waals surface area (Å²) in [6, 6.07) is 8.96. The normalized spacial score (nSPS) is 19.6. The first-order chi connectivity index (χ1) is 7.81. The van der Waals surface area contributed by atoms with E-state index in [4.69, 9.17) is 10.5 Å². The number of morpholine rings is 1. The van der Waals surface area contributed by atoms with E-state index in [1.807, 2.05) is 0 Å². The molecule has 0 aliphatic carbocycles. The summed E-state index contributed by atoms with van der Waals surface area (Å²) >= 11 is 0. The first-order valence-electron chi connectivity index (χ1n) is 5.89. The quantitative estimate of drug-likeness (QED) is 0.835. The monoisotopic (exact) mass is 220 g/mol. The average Bonchev–Trinajstić information content (AvgIpc) is 2.31. The predicted octanol–water partition coefficient (Wildman–Crippen LogP) is 1.33. The summed E-state index contributed by atoms with van der Waals surface area (Å²) < 4.78 is 5.37. The Hall–Kier alpha value is -0.900. The zero-order valence-electron chi connectivity index (χ0n) is 9.86. The third kappa shape index (κ3) is 2.61. The molecule has 0 aromatic heterocycles. The van der Waals surface area contributed by atoms with Crippen LogP contribution in [-0.4, -0.2) is 37.7 Å². The van der Waals surface area contributed by atoms with Crippen LogP contribution in [-0.2, 0) is 4.74 Å². The molecule has 0 unspecified atom stereocenters. The van der Waals surface area contributed by atoms with Crippen LogP contribution in [0.1, 0.15) is 17.2 Å². The molecule has 0 saturated carbocycles. The molecule has 1 fully saturated rings. The maximum absolute atomic E-state index is 5.90. The van der Waals surface area contributed by atoms with Crippen LogP contribution < -0.4 is 5.73 Å². The summed E-state index contributed by atoms with van der Waals surface area (Å²) in [4.78, 5) is 2.41. The van der Waals surface area contributed by atoms with Crippen molar-refractivity contribution in [1.82, 2.24) is 4.90 Å². The lowest BCUT2D eigenvalue weighted by Gasteiger charge is -2.34. The number of benzene rings is 1. The summed E-state index contributed by atoms with van der Waals surface area (Å²) in [5.74, 6) is 0. The largest absolute Gasteiger partial charge is 0.379 e. The van der Waals surface area contributed by atoms with Gasteiger partial charge in [0.25, 0.3) is 0 Å². The van der Waals surface area contributed by atoms with Gasteiger partial charge in [-0.3, -0.25) is 4.90 Å². The molecular weight excluding hydrogens is 200 g/mol. The van der Waals surface area contributed by atoms with E-state index in [1.165, 1.54) is 11.1 Å². The smallest absolute Gasteiger partial charge is 0.0594 e. The van der Waals surface area contributed by atoms with Gasteiger partial charge in [0.15, 0.2) is 0 Å². The van der Waals surface area contributed by atoms with E-state index in [0.29, 0.717) is 12.6 Å². The van der Waals surface area contributed by atoms with Crippen LogP contribution >= 0.6 is 0 Å². The number of aryl methyl sites for hydroxylation is 1. The summed E-state index contributed by atoms with van der Waals surface area (Å²) in [7, 11) is 0. The lowest BCUT2D eigenvalue weighted by atomic mass is 10.0. The molecular formula is C13H20N2O. The maximum Gasteiger partial charge on any atom is 0.0594 e. The van der Waals surface area contributed by atoms with E-state index in [-0.39, 0.29) is 0 Å². The van der Waals surface area contributed by atoms with Gasteiger partial charge in [-0.2, -0.15) is 0 Å². The van der Waals surface area contributed by atoms with Crippen molar-refractivity contribution in [2.75, 3.05) is 32.8 Å². The van der Waals surface area contributed by atoms with Crippen molar-refractivity contribution in [3.63, 3.8) is 0 Å². The van der Waals surface area contributed by atoms with Crippen molar-refractivity contribution < 1.29 is 4.74 Å². The summed E-state index contributed by atoms with van der Waals surface area (Å²) in [5, 5.41) is 0. The second-order valence-corrected chi connectivity index (χ2v) is 4.31. The minimum Gasteiger partial charge on any atom is -0.379 e. The van der Waals surface area contributed by atoms with E-state index < -0.39 is 0 Å². The number of nitrogens with zero attached hydrogens (tertiary/aromatic N) is 1. The predicted molar refractivity (Wildman–Crippen MR) is 65.4 cm³/mol. The van der Waals surface area contributed by atoms with Crippen LogP contribution in [0, 0.1) is 6.92 Å². The molecule has 3 nitrogen and oxygen atoms in total. The minimum absolute atomic E-state index is 0.337. The van der Waals surface area contributed by atoms with Gasteiger partial charge in [-0.15, -0.1) is 0 Å². The SMILES string of the molecule is Cc1cccc([C@@H](CN)N2CCOCC2)c1. The molecule has 0 bridgehead atoms. The Balaban J connectivity index is 2.14. The van der Waals surface area contributed by atoms with Gasteiger partial charge in [-0.25, -0.2) is 0 Å². The van der Waals surface area contributed by atoms with Crippen LogP contribution in [0.4, 0.5) is 0 Å². The molecule has 0 radical (unpaired) electrons. The summed E-state index contributed by atoms with van der Waals surface area (Å²) in [6.07, 6.45) is 0. The number of ether oxygens (including phenoxy) is 1. The molecule has 2 N–H and O–H groups in total. The first kappa shape index (κ1) is 11.6. The topological polar surface area (TPSA) is 38.5 Å². The van der Waals surface area contributed by atoms with Gasteiger partial charge in [0.05, 0.1) is 13.2 Å². The standard InChI is InChI=1S/C13H20N2O/c1-11-3-2-4-12(9-11)13(10-14)15-5-7-16-8-6-15/h2-4,9,13H,5-8,10,14H2,1H3/t13-/m1/s1. The number of hydrogen-bond acceptors (Lipinski definition) is 3. The number of nitrogens with two attached hydrogens (primary N) is 1. The van der Waals surface area contributed by atoms with Crippen molar-refractivity contribution in [3.8, 4) is 0 Å². The van der Waals surface area contributed by atoms with Gasteiger partial charge >= 0.3 is 0 Å². The Morgan fingerprint density at radius 3 is 2.75 bits per heavy atom. The zero-order chi connectivity index (χ0) is 11.4. The van der Waals surface area contributed by atoms with Gasteiger partial charge in [-0.1, -0.05) is 29.8 Å². The lowest BCUT2D eigenvalue weighted by molar-refractivity contribution is 0.0179. The third-order valence-electron chi connectivity index (χ3n) is 3.14. The summed E-state index contributed by atoms with van der Waals surface area (Å²) in [5.41, 5.74) is 8.52. The number of hydrogen-bond donors (Lipinski definition) is 1. The fraction of sp³-hybridized carbons (Fsp3) is 0.538. The third-order valence-corrected chi connectivity index (χ3v) is 3.14. The van der Waals surface area contributed by atoms with E-state index >= 15 is 0 Å². The van der Waals surface area contributed by atoms with Gasteiger partial charge < -0.3 is 10.5 Å². The van der Waals surface area contributed by atoms with Gasteiger partial charge in [0, 0.05) is 25.7 Å². The Morgan fingerprint density at radius 1 is 1.38 bits per heavy atom. The highest BCUT2D eigenvalue weighted by Crippen LogP contribution is 2.21. The Bertz CT molecular complexity index is 334. The van der Waals surface area contributed by atoms with Crippen LogP contribution in [0.25, 0.3) is 0 Å². The second-order valence-electron chi connectivity index (χ2n) is 4.31. The molecule has 1 aromatic carbocycles. The van der Waals surface area contributed by atoms with E-state index in [2.05, 4.69) is 36.1 Å². The molecule has 0 amide bonds. The molecule has 1 aromatic rings. The van der Waals surface area contributed by atoms with E-state index in [0.717, 1.165) is 26.3 Å². The van der Waals surface area contributed by atoms with Crippen molar-refractivity contribution in [2.45, 2.75) is 13.0 Å². The maximum atomic E-state index is 5.90. The highest BCUT2D eigenvalue weighted by atomic mass is 16.5. The molecule has 16 heavy (non-hydrogen) atoms. The highest BCUT2D eigenvalue weighted by molar-refractivity contribution is 5.25. The fourth-order valence-electron chi connectivity index (χ4n) is 2.26. The van der Waals surface area contributed by atoms with Gasteiger partial charge in [0.1, 0.15) is 0 Å². The molecule has 88 valence electrons. The van der Waals surface area contributed by atoms with Crippen LogP contribution in [0.2, 0.25) is 0 Å². The summed E-state index contributed by atoms with van der Waals surface area (Å²) in [6.45, 7) is 6.40. The lowest BCUT2D eigenvalue weighted by Crippen LogP contribution is -2.41. The first-order valence-corrected chi connectivity index (χ1v) is 5.89. The van der Waals surface area contributed by atoms with E-state index in [9.17, 15) is 0 Å². The van der Waals surface area contributed by atoms with Crippen molar-refractivity contribution >= 4 is 0 Å². The Kier molecular flexibility index (Phi) is 3.93. The van der Waals surface area contributed by atoms with Crippen molar-refractivity contribution in [1.29, 1.82) is 0 Å². The fourth-order valence-corrected chi connectivity index (χ4v) is 2.26. The van der Waals surface area contributed by atoms with E-state index in [1.54, 1.807) is 0 Å². The molecule has 1 aliphatic rings. The molecule has 2 rings (SSSR count). The Labute approximate surface area is 97.2 Å². The molecule has 3 heteroatoms. The van der Waals surface area contributed by atoms with Crippen LogP contribution in [0.5, 0.6) is 0 Å². The number of rotatable bonds is 3. The van der Waals surface area contributed by atoms with Crippen molar-refractivity contribution in [2.24, 2.45) is 5.73 Å². The van der Waals surface area contributed by atoms with Crippen molar-refractivity contribution in [3.05, 3.63) is 35.4 Å².